The van der Waals surface area contributed by atoms with Crippen LogP contribution in [0.15, 0.2) is 10.6 Å². The van der Waals surface area contributed by atoms with Crippen molar-refractivity contribution in [3.05, 3.63) is 10.6 Å². The number of ether oxygens (including phenoxy) is 1. The maximum atomic E-state index is 5.69. The third kappa shape index (κ3) is 5.84. The second-order valence-corrected chi connectivity index (χ2v) is 3.20. The summed E-state index contributed by atoms with van der Waals surface area (Å²) in [6.07, 6.45) is 1.01. The molecule has 2 nitrogen and oxygen atoms in total. The van der Waals surface area contributed by atoms with Gasteiger partial charge in [0, 0.05) is 30.3 Å². The lowest BCUT2D eigenvalue weighted by molar-refractivity contribution is 0.166. The van der Waals surface area contributed by atoms with Crippen molar-refractivity contribution < 1.29 is 4.74 Å². The molecule has 0 radical (unpaired) electrons. The fourth-order valence-corrected chi connectivity index (χ4v) is 0.957. The SMILES string of the molecule is CCC(COC)NCC(Cl)=CCl. The van der Waals surface area contributed by atoms with Gasteiger partial charge in [0.05, 0.1) is 6.61 Å². The van der Waals surface area contributed by atoms with Crippen LogP contribution in [0.4, 0.5) is 0 Å². The summed E-state index contributed by atoms with van der Waals surface area (Å²) in [5.74, 6) is 0. The monoisotopic (exact) mass is 211 g/mol. The van der Waals surface area contributed by atoms with Gasteiger partial charge in [-0.1, -0.05) is 30.1 Å². The summed E-state index contributed by atoms with van der Waals surface area (Å²) >= 11 is 11.1. The van der Waals surface area contributed by atoms with E-state index in [2.05, 4.69) is 12.2 Å². The van der Waals surface area contributed by atoms with Crippen molar-refractivity contribution in [2.24, 2.45) is 0 Å². The molecular weight excluding hydrogens is 197 g/mol. The molecule has 1 N–H and O–H groups in total. The minimum atomic E-state index is 0.348. The minimum Gasteiger partial charge on any atom is -0.383 e. The largest absolute Gasteiger partial charge is 0.383 e. The number of nitrogens with one attached hydrogen (secondary N) is 1. The second-order valence-electron chi connectivity index (χ2n) is 2.50. The van der Waals surface area contributed by atoms with Crippen LogP contribution in [0.3, 0.4) is 0 Å². The Kier molecular flexibility index (Phi) is 8.02. The average molecular weight is 212 g/mol. The van der Waals surface area contributed by atoms with Gasteiger partial charge < -0.3 is 10.1 Å². The fraction of sp³-hybridized carbons (Fsp3) is 0.750. The molecule has 0 saturated carbocycles. The molecule has 1 unspecified atom stereocenters. The summed E-state index contributed by atoms with van der Waals surface area (Å²) in [5, 5.41) is 3.83. The molecule has 12 heavy (non-hydrogen) atoms. The summed E-state index contributed by atoms with van der Waals surface area (Å²) in [6.45, 7) is 3.39. The van der Waals surface area contributed by atoms with Crippen LogP contribution in [-0.2, 0) is 4.74 Å². The zero-order valence-corrected chi connectivity index (χ0v) is 8.95. The molecule has 0 spiro atoms. The lowest BCUT2D eigenvalue weighted by Gasteiger charge is -2.14. The number of hydrogen-bond acceptors (Lipinski definition) is 2. The predicted octanol–water partition coefficient (Wildman–Crippen LogP) is 2.32. The van der Waals surface area contributed by atoms with Gasteiger partial charge in [0.2, 0.25) is 0 Å². The Bertz CT molecular complexity index is 139. The Morgan fingerprint density at radius 1 is 1.67 bits per heavy atom. The molecule has 0 amide bonds. The van der Waals surface area contributed by atoms with Crippen LogP contribution in [0.5, 0.6) is 0 Å². The van der Waals surface area contributed by atoms with Gasteiger partial charge in [0.1, 0.15) is 0 Å². The average Bonchev–Trinajstić information content (AvgIpc) is 2.11. The van der Waals surface area contributed by atoms with Crippen LogP contribution < -0.4 is 5.32 Å². The molecule has 0 aromatic heterocycles. The van der Waals surface area contributed by atoms with Gasteiger partial charge in [-0.3, -0.25) is 0 Å². The minimum absolute atomic E-state index is 0.348. The molecule has 72 valence electrons. The molecular formula is C8H15Cl2NO. The highest BCUT2D eigenvalue weighted by Gasteiger charge is 2.04. The molecule has 0 aliphatic rings. The van der Waals surface area contributed by atoms with Crippen LogP contribution in [0.25, 0.3) is 0 Å². The summed E-state index contributed by atoms with van der Waals surface area (Å²) in [4.78, 5) is 0. The van der Waals surface area contributed by atoms with Crippen LogP contribution in [-0.4, -0.2) is 26.3 Å². The van der Waals surface area contributed by atoms with Crippen molar-refractivity contribution >= 4 is 23.2 Å². The summed E-state index contributed by atoms with van der Waals surface area (Å²) in [6, 6.07) is 0.348. The van der Waals surface area contributed by atoms with E-state index in [1.165, 1.54) is 5.54 Å². The number of rotatable bonds is 6. The van der Waals surface area contributed by atoms with E-state index in [0.717, 1.165) is 6.42 Å². The summed E-state index contributed by atoms with van der Waals surface area (Å²) < 4.78 is 5.00. The summed E-state index contributed by atoms with van der Waals surface area (Å²) in [5.41, 5.74) is 1.37. The number of hydrogen-bond donors (Lipinski definition) is 1. The predicted molar refractivity (Wildman–Crippen MR) is 53.7 cm³/mol. The normalized spacial score (nSPS) is 14.8. The molecule has 4 heteroatoms. The molecule has 0 heterocycles. The van der Waals surface area contributed by atoms with Gasteiger partial charge in [0.15, 0.2) is 0 Å². The van der Waals surface area contributed by atoms with Gasteiger partial charge in [-0.15, -0.1) is 0 Å². The van der Waals surface area contributed by atoms with E-state index in [0.29, 0.717) is 24.2 Å². The number of methoxy groups -OCH3 is 1. The van der Waals surface area contributed by atoms with Crippen LogP contribution in [0, 0.1) is 0 Å². The molecule has 1 atom stereocenters. The van der Waals surface area contributed by atoms with Gasteiger partial charge in [0.25, 0.3) is 0 Å². The lowest BCUT2D eigenvalue weighted by atomic mass is 10.2. The third-order valence-electron chi connectivity index (χ3n) is 1.54. The molecule has 0 fully saturated rings. The highest BCUT2D eigenvalue weighted by molar-refractivity contribution is 6.36. The van der Waals surface area contributed by atoms with E-state index >= 15 is 0 Å². The molecule has 0 bridgehead atoms. The van der Waals surface area contributed by atoms with Gasteiger partial charge in [-0.2, -0.15) is 0 Å². The first kappa shape index (κ1) is 12.2. The molecule has 0 aliphatic carbocycles. The quantitative estimate of drug-likeness (QED) is 0.729. The van der Waals surface area contributed by atoms with E-state index in [9.17, 15) is 0 Å². The second kappa shape index (κ2) is 7.87. The lowest BCUT2D eigenvalue weighted by Crippen LogP contribution is -2.33. The zero-order valence-electron chi connectivity index (χ0n) is 7.44. The van der Waals surface area contributed by atoms with E-state index in [1.807, 2.05) is 0 Å². The Morgan fingerprint density at radius 3 is 2.75 bits per heavy atom. The van der Waals surface area contributed by atoms with E-state index < -0.39 is 0 Å². The Balaban J connectivity index is 3.57. The highest BCUT2D eigenvalue weighted by Crippen LogP contribution is 2.02. The van der Waals surface area contributed by atoms with E-state index in [1.54, 1.807) is 7.11 Å². The van der Waals surface area contributed by atoms with Crippen LogP contribution in [0.1, 0.15) is 13.3 Å². The van der Waals surface area contributed by atoms with E-state index in [4.69, 9.17) is 27.9 Å². The Morgan fingerprint density at radius 2 is 2.33 bits per heavy atom. The maximum Gasteiger partial charge on any atom is 0.0615 e. The Labute approximate surface area is 83.9 Å². The van der Waals surface area contributed by atoms with Gasteiger partial charge in [-0.25, -0.2) is 0 Å². The molecule has 0 saturated heterocycles. The first-order valence-corrected chi connectivity index (χ1v) is 4.73. The first-order valence-electron chi connectivity index (χ1n) is 3.91. The first-order chi connectivity index (χ1) is 5.74. The fourth-order valence-electron chi connectivity index (χ4n) is 0.803. The summed E-state index contributed by atoms with van der Waals surface area (Å²) in [7, 11) is 1.68. The molecule has 0 aliphatic heterocycles. The van der Waals surface area contributed by atoms with E-state index in [-0.39, 0.29) is 0 Å². The Hall–Kier alpha value is 0.240. The van der Waals surface area contributed by atoms with Crippen molar-refractivity contribution in [3.8, 4) is 0 Å². The van der Waals surface area contributed by atoms with Crippen molar-refractivity contribution in [2.45, 2.75) is 19.4 Å². The maximum absolute atomic E-state index is 5.69. The molecule has 0 rings (SSSR count). The molecule has 0 aromatic rings. The van der Waals surface area contributed by atoms with Crippen molar-refractivity contribution in [2.75, 3.05) is 20.3 Å². The van der Waals surface area contributed by atoms with Crippen molar-refractivity contribution in [3.63, 3.8) is 0 Å². The van der Waals surface area contributed by atoms with Gasteiger partial charge >= 0.3 is 0 Å². The van der Waals surface area contributed by atoms with Gasteiger partial charge in [-0.05, 0) is 6.42 Å². The standard InChI is InChI=1S/C8H15Cl2NO/c1-3-8(6-12-2)11-5-7(10)4-9/h4,8,11H,3,5-6H2,1-2H3. The molecule has 0 aromatic carbocycles. The van der Waals surface area contributed by atoms with Crippen LogP contribution >= 0.6 is 23.2 Å². The highest BCUT2D eigenvalue weighted by atomic mass is 35.5. The zero-order chi connectivity index (χ0) is 9.40. The smallest absolute Gasteiger partial charge is 0.0615 e. The number of halogens is 2. The van der Waals surface area contributed by atoms with Crippen molar-refractivity contribution in [1.82, 2.24) is 5.32 Å². The topological polar surface area (TPSA) is 21.3 Å². The van der Waals surface area contributed by atoms with Crippen molar-refractivity contribution in [1.29, 1.82) is 0 Å². The van der Waals surface area contributed by atoms with Crippen LogP contribution in [0.2, 0.25) is 0 Å². The third-order valence-corrected chi connectivity index (χ3v) is 2.16.